The third-order valence-electron chi connectivity index (χ3n) is 5.13. The predicted molar refractivity (Wildman–Crippen MR) is 109 cm³/mol. The Morgan fingerprint density at radius 3 is 3.00 bits per heavy atom. The molecule has 1 aromatic heterocycles. The van der Waals surface area contributed by atoms with E-state index >= 15 is 0 Å². The lowest BCUT2D eigenvalue weighted by atomic mass is 9.97. The van der Waals surface area contributed by atoms with Crippen LogP contribution in [0.1, 0.15) is 19.3 Å². The van der Waals surface area contributed by atoms with Crippen LogP contribution in [-0.2, 0) is 14.4 Å². The number of carbonyl (C=O) groups excluding carboxylic acids is 3. The molecule has 0 aliphatic carbocycles. The molecule has 2 aromatic rings. The van der Waals surface area contributed by atoms with Crippen LogP contribution in [0.5, 0.6) is 5.75 Å². The van der Waals surface area contributed by atoms with Crippen molar-refractivity contribution in [2.24, 2.45) is 5.92 Å². The zero-order chi connectivity index (χ0) is 20.2. The number of thiazole rings is 1. The Kier molecular flexibility index (Phi) is 5.75. The summed E-state index contributed by atoms with van der Waals surface area (Å²) in [5, 5.41) is 5.17. The Balaban J connectivity index is 1.42. The Bertz CT molecular complexity index is 902. The van der Waals surface area contributed by atoms with Gasteiger partial charge >= 0.3 is 0 Å². The first kappa shape index (κ1) is 19.4. The van der Waals surface area contributed by atoms with Crippen LogP contribution in [0.25, 0.3) is 0 Å². The smallest absolute Gasteiger partial charge is 0.242 e. The van der Waals surface area contributed by atoms with Crippen molar-refractivity contribution in [3.63, 3.8) is 0 Å². The van der Waals surface area contributed by atoms with Crippen LogP contribution in [0, 0.1) is 5.92 Å². The van der Waals surface area contributed by atoms with Gasteiger partial charge in [-0.15, -0.1) is 11.3 Å². The molecule has 0 spiro atoms. The number of piperidine rings is 1. The Morgan fingerprint density at radius 2 is 2.17 bits per heavy atom. The quantitative estimate of drug-likeness (QED) is 0.828. The summed E-state index contributed by atoms with van der Waals surface area (Å²) in [6.45, 7) is 1.17. The van der Waals surface area contributed by atoms with Gasteiger partial charge in [-0.3, -0.25) is 19.3 Å². The lowest BCUT2D eigenvalue weighted by Crippen LogP contribution is -2.48. The van der Waals surface area contributed by atoms with Crippen LogP contribution < -0.4 is 15.0 Å². The van der Waals surface area contributed by atoms with Crippen LogP contribution >= 0.6 is 11.3 Å². The first-order valence-corrected chi connectivity index (χ1v) is 10.5. The topological polar surface area (TPSA) is 91.8 Å². The van der Waals surface area contributed by atoms with Crippen LogP contribution in [-0.4, -0.2) is 53.8 Å². The molecule has 8 nitrogen and oxygen atoms in total. The van der Waals surface area contributed by atoms with Crippen molar-refractivity contribution in [1.82, 2.24) is 9.88 Å². The van der Waals surface area contributed by atoms with Gasteiger partial charge in [0.2, 0.25) is 17.7 Å². The number of anilines is 2. The number of likely N-dealkylation sites (tertiary alicyclic amines) is 1. The van der Waals surface area contributed by atoms with Crippen molar-refractivity contribution >= 4 is 39.9 Å². The van der Waals surface area contributed by atoms with E-state index in [1.807, 2.05) is 12.1 Å². The number of benzene rings is 1. The molecular weight excluding hydrogens is 392 g/mol. The fraction of sp³-hybridized carbons (Fsp3) is 0.400. The maximum Gasteiger partial charge on any atom is 0.242 e. The van der Waals surface area contributed by atoms with Crippen LogP contribution in [0.4, 0.5) is 10.8 Å². The molecule has 3 amide bonds. The number of nitrogens with zero attached hydrogens (tertiary/aromatic N) is 3. The molecule has 1 atom stereocenters. The average molecular weight is 414 g/mol. The molecule has 3 heterocycles. The van der Waals surface area contributed by atoms with Crippen molar-refractivity contribution in [2.75, 3.05) is 36.5 Å². The molecule has 1 N–H and O–H groups in total. The summed E-state index contributed by atoms with van der Waals surface area (Å²) >= 11 is 1.36. The van der Waals surface area contributed by atoms with Gasteiger partial charge in [-0.1, -0.05) is 12.1 Å². The Labute approximate surface area is 172 Å². The number of rotatable bonds is 4. The van der Waals surface area contributed by atoms with Crippen molar-refractivity contribution in [2.45, 2.75) is 19.3 Å². The van der Waals surface area contributed by atoms with Gasteiger partial charge in [0, 0.05) is 24.7 Å². The lowest BCUT2D eigenvalue weighted by Gasteiger charge is -2.33. The molecule has 0 unspecified atom stereocenters. The van der Waals surface area contributed by atoms with Crippen LogP contribution in [0.2, 0.25) is 0 Å². The highest BCUT2D eigenvalue weighted by molar-refractivity contribution is 7.13. The SMILES string of the molecule is O=C(Nc1nccs1)[C@H]1CCCN(C(=O)CN2C(=O)CCOc3ccccc32)C1. The van der Waals surface area contributed by atoms with Crippen LogP contribution in [0.3, 0.4) is 0 Å². The molecule has 4 rings (SSSR count). The lowest BCUT2D eigenvalue weighted by molar-refractivity contribution is -0.134. The molecule has 1 aromatic carbocycles. The van der Waals surface area contributed by atoms with Crippen LogP contribution in [0.15, 0.2) is 35.8 Å². The van der Waals surface area contributed by atoms with Gasteiger partial charge in [0.25, 0.3) is 0 Å². The minimum atomic E-state index is -0.285. The highest BCUT2D eigenvalue weighted by atomic mass is 32.1. The van der Waals surface area contributed by atoms with E-state index in [-0.39, 0.29) is 36.6 Å². The van der Waals surface area contributed by atoms with E-state index < -0.39 is 0 Å². The maximum atomic E-state index is 13.0. The highest BCUT2D eigenvalue weighted by Gasteiger charge is 2.31. The van der Waals surface area contributed by atoms with E-state index in [4.69, 9.17) is 4.74 Å². The zero-order valence-electron chi connectivity index (χ0n) is 15.9. The van der Waals surface area contributed by atoms with Gasteiger partial charge in [0.05, 0.1) is 24.6 Å². The van der Waals surface area contributed by atoms with Crippen molar-refractivity contribution in [3.05, 3.63) is 35.8 Å². The number of ether oxygens (including phenoxy) is 1. The molecule has 1 fully saturated rings. The summed E-state index contributed by atoms with van der Waals surface area (Å²) in [5.74, 6) is -0.111. The predicted octanol–water partition coefficient (Wildman–Crippen LogP) is 2.14. The molecule has 29 heavy (non-hydrogen) atoms. The van der Waals surface area contributed by atoms with E-state index in [1.165, 1.54) is 16.2 Å². The summed E-state index contributed by atoms with van der Waals surface area (Å²) in [6.07, 6.45) is 3.33. The largest absolute Gasteiger partial charge is 0.491 e. The number of hydrogen-bond donors (Lipinski definition) is 1. The normalized spacial score (nSPS) is 19.2. The number of hydrogen-bond acceptors (Lipinski definition) is 6. The van der Waals surface area contributed by atoms with Gasteiger partial charge in [-0.25, -0.2) is 4.98 Å². The van der Waals surface area contributed by atoms with Gasteiger partial charge in [0.1, 0.15) is 12.3 Å². The molecular formula is C20H22N4O4S. The molecule has 1 saturated heterocycles. The molecule has 0 saturated carbocycles. The van der Waals surface area contributed by atoms with E-state index in [1.54, 1.807) is 28.6 Å². The first-order valence-electron chi connectivity index (χ1n) is 9.62. The molecule has 152 valence electrons. The highest BCUT2D eigenvalue weighted by Crippen LogP contribution is 2.31. The number of nitrogens with one attached hydrogen (secondary N) is 1. The fourth-order valence-electron chi connectivity index (χ4n) is 3.64. The minimum Gasteiger partial charge on any atom is -0.491 e. The molecule has 9 heteroatoms. The van der Waals surface area contributed by atoms with Crippen molar-refractivity contribution in [1.29, 1.82) is 0 Å². The number of amides is 3. The third-order valence-corrected chi connectivity index (χ3v) is 5.82. The molecule has 0 bridgehead atoms. The standard InChI is InChI=1S/C20H22N4O4S/c25-17-7-10-28-16-6-2-1-5-15(16)24(17)13-18(26)23-9-3-4-14(12-23)19(27)22-20-21-8-11-29-20/h1-2,5-6,8,11,14H,3-4,7,9-10,12-13H2,(H,21,22,27)/t14-/m0/s1. The first-order chi connectivity index (χ1) is 14.1. The van der Waals surface area contributed by atoms with Crippen molar-refractivity contribution < 1.29 is 19.1 Å². The molecule has 2 aliphatic heterocycles. The second kappa shape index (κ2) is 8.60. The minimum absolute atomic E-state index is 0.0555. The summed E-state index contributed by atoms with van der Waals surface area (Å²) < 4.78 is 5.63. The number of aromatic nitrogens is 1. The summed E-state index contributed by atoms with van der Waals surface area (Å²) in [7, 11) is 0. The summed E-state index contributed by atoms with van der Waals surface area (Å²) in [6, 6.07) is 7.24. The Hall–Kier alpha value is -2.94. The number of fused-ring (bicyclic) bond motifs is 1. The second-order valence-electron chi connectivity index (χ2n) is 7.05. The maximum absolute atomic E-state index is 13.0. The summed E-state index contributed by atoms with van der Waals surface area (Å²) in [4.78, 5) is 45.3. The van der Waals surface area contributed by atoms with E-state index in [2.05, 4.69) is 10.3 Å². The average Bonchev–Trinajstić information content (AvgIpc) is 3.20. The van der Waals surface area contributed by atoms with Gasteiger partial charge in [0.15, 0.2) is 5.13 Å². The Morgan fingerprint density at radius 1 is 1.31 bits per heavy atom. The van der Waals surface area contributed by atoms with Gasteiger partial charge in [-0.2, -0.15) is 0 Å². The molecule has 2 aliphatic rings. The monoisotopic (exact) mass is 414 g/mol. The third kappa shape index (κ3) is 4.40. The van der Waals surface area contributed by atoms with E-state index in [0.29, 0.717) is 36.3 Å². The van der Waals surface area contributed by atoms with E-state index in [9.17, 15) is 14.4 Å². The van der Waals surface area contributed by atoms with Gasteiger partial charge in [-0.05, 0) is 25.0 Å². The van der Waals surface area contributed by atoms with E-state index in [0.717, 1.165) is 12.8 Å². The molecule has 0 radical (unpaired) electrons. The van der Waals surface area contributed by atoms with Gasteiger partial charge < -0.3 is 15.0 Å². The van der Waals surface area contributed by atoms with Crippen molar-refractivity contribution in [3.8, 4) is 5.75 Å². The number of para-hydroxylation sites is 2. The fourth-order valence-corrected chi connectivity index (χ4v) is 4.17. The second-order valence-corrected chi connectivity index (χ2v) is 7.95. The number of carbonyl (C=O) groups is 3. The summed E-state index contributed by atoms with van der Waals surface area (Å²) in [5.41, 5.74) is 0.610. The zero-order valence-corrected chi connectivity index (χ0v) is 16.7.